The Morgan fingerprint density at radius 1 is 1.50 bits per heavy atom. The van der Waals surface area contributed by atoms with Crippen LogP contribution in [0.1, 0.15) is 18.4 Å². The van der Waals surface area contributed by atoms with Crippen molar-refractivity contribution in [3.8, 4) is 5.75 Å². The molecule has 98 valence electrons. The van der Waals surface area contributed by atoms with Gasteiger partial charge in [0.2, 0.25) is 0 Å². The lowest BCUT2D eigenvalue weighted by molar-refractivity contribution is 0.218. The van der Waals surface area contributed by atoms with E-state index < -0.39 is 0 Å². The standard InChI is InChI=1S/C14H20N2O2/c1-17-12-5-2-4-11(8-12)9-13-10-16-14(18-13)6-3-7-15/h2,4-5,8,13H,3,6-7,9-10,15H2,1H3. The second-order valence-corrected chi connectivity index (χ2v) is 4.42. The fraction of sp³-hybridized carbons (Fsp3) is 0.500. The molecule has 2 N–H and O–H groups in total. The van der Waals surface area contributed by atoms with Crippen molar-refractivity contribution in [3.05, 3.63) is 29.8 Å². The molecule has 0 fully saturated rings. The molecular weight excluding hydrogens is 228 g/mol. The molecule has 0 amide bonds. The van der Waals surface area contributed by atoms with Crippen molar-refractivity contribution in [2.24, 2.45) is 10.7 Å². The number of nitrogens with two attached hydrogens (primary N) is 1. The van der Waals surface area contributed by atoms with Crippen LogP contribution >= 0.6 is 0 Å². The monoisotopic (exact) mass is 248 g/mol. The van der Waals surface area contributed by atoms with Crippen LogP contribution in [0.25, 0.3) is 0 Å². The van der Waals surface area contributed by atoms with Crippen molar-refractivity contribution in [1.29, 1.82) is 0 Å². The van der Waals surface area contributed by atoms with Gasteiger partial charge in [-0.3, -0.25) is 4.99 Å². The first-order chi connectivity index (χ1) is 8.81. The third kappa shape index (κ3) is 3.47. The molecule has 2 rings (SSSR count). The Balaban J connectivity index is 1.84. The Kier molecular flexibility index (Phi) is 4.59. The molecule has 0 saturated carbocycles. The Hall–Kier alpha value is -1.55. The van der Waals surface area contributed by atoms with Gasteiger partial charge in [-0.25, -0.2) is 0 Å². The molecule has 18 heavy (non-hydrogen) atoms. The summed E-state index contributed by atoms with van der Waals surface area (Å²) in [6, 6.07) is 8.08. The lowest BCUT2D eigenvalue weighted by Crippen LogP contribution is -2.16. The van der Waals surface area contributed by atoms with Crippen LogP contribution in [0.3, 0.4) is 0 Å². The van der Waals surface area contributed by atoms with E-state index >= 15 is 0 Å². The van der Waals surface area contributed by atoms with Crippen molar-refractivity contribution in [1.82, 2.24) is 0 Å². The summed E-state index contributed by atoms with van der Waals surface area (Å²) in [4.78, 5) is 4.40. The van der Waals surface area contributed by atoms with Gasteiger partial charge in [-0.1, -0.05) is 12.1 Å². The molecule has 1 atom stereocenters. The lowest BCUT2D eigenvalue weighted by Gasteiger charge is -2.12. The van der Waals surface area contributed by atoms with Crippen LogP contribution in [0.4, 0.5) is 0 Å². The van der Waals surface area contributed by atoms with Crippen molar-refractivity contribution in [2.75, 3.05) is 20.2 Å². The largest absolute Gasteiger partial charge is 0.497 e. The minimum Gasteiger partial charge on any atom is -0.497 e. The molecule has 4 nitrogen and oxygen atoms in total. The Morgan fingerprint density at radius 2 is 2.39 bits per heavy atom. The number of ether oxygens (including phenoxy) is 2. The highest BCUT2D eigenvalue weighted by Crippen LogP contribution is 2.18. The molecule has 1 aromatic carbocycles. The minimum atomic E-state index is 0.157. The molecule has 0 spiro atoms. The van der Waals surface area contributed by atoms with Crippen LogP contribution in [0, 0.1) is 0 Å². The van der Waals surface area contributed by atoms with Crippen LogP contribution in [-0.2, 0) is 11.2 Å². The van der Waals surface area contributed by atoms with Crippen molar-refractivity contribution >= 4 is 5.90 Å². The summed E-state index contributed by atoms with van der Waals surface area (Å²) in [5.74, 6) is 1.74. The van der Waals surface area contributed by atoms with Gasteiger partial charge in [-0.15, -0.1) is 0 Å². The molecule has 1 aliphatic heterocycles. The van der Waals surface area contributed by atoms with Gasteiger partial charge in [0.1, 0.15) is 11.9 Å². The average Bonchev–Trinajstić information content (AvgIpc) is 2.84. The molecule has 0 aromatic heterocycles. The maximum atomic E-state index is 5.79. The predicted molar refractivity (Wildman–Crippen MR) is 72.2 cm³/mol. The highest BCUT2D eigenvalue weighted by molar-refractivity contribution is 5.77. The Bertz CT molecular complexity index is 418. The van der Waals surface area contributed by atoms with E-state index in [0.29, 0.717) is 6.54 Å². The van der Waals surface area contributed by atoms with E-state index in [1.807, 2.05) is 18.2 Å². The fourth-order valence-corrected chi connectivity index (χ4v) is 2.03. The second-order valence-electron chi connectivity index (χ2n) is 4.42. The molecular formula is C14H20N2O2. The van der Waals surface area contributed by atoms with E-state index in [9.17, 15) is 0 Å². The number of rotatable bonds is 6. The van der Waals surface area contributed by atoms with E-state index in [0.717, 1.165) is 37.5 Å². The Labute approximate surface area is 108 Å². The first kappa shape index (κ1) is 12.9. The number of benzene rings is 1. The molecule has 1 aliphatic rings. The van der Waals surface area contributed by atoms with Gasteiger partial charge in [0.05, 0.1) is 13.7 Å². The molecule has 0 bridgehead atoms. The van der Waals surface area contributed by atoms with Crippen LogP contribution in [0.2, 0.25) is 0 Å². The number of aliphatic imine (C=N–C) groups is 1. The van der Waals surface area contributed by atoms with Gasteiger partial charge in [0.25, 0.3) is 0 Å². The normalized spacial score (nSPS) is 18.3. The minimum absolute atomic E-state index is 0.157. The topological polar surface area (TPSA) is 56.8 Å². The smallest absolute Gasteiger partial charge is 0.183 e. The van der Waals surface area contributed by atoms with Gasteiger partial charge < -0.3 is 15.2 Å². The van der Waals surface area contributed by atoms with Crippen LogP contribution in [-0.4, -0.2) is 32.2 Å². The second kappa shape index (κ2) is 6.40. The highest BCUT2D eigenvalue weighted by Gasteiger charge is 2.19. The molecule has 0 aliphatic carbocycles. The van der Waals surface area contributed by atoms with Gasteiger partial charge in [-0.05, 0) is 30.7 Å². The van der Waals surface area contributed by atoms with Crippen molar-refractivity contribution in [2.45, 2.75) is 25.4 Å². The Morgan fingerprint density at radius 3 is 3.17 bits per heavy atom. The van der Waals surface area contributed by atoms with E-state index in [1.54, 1.807) is 7.11 Å². The maximum Gasteiger partial charge on any atom is 0.183 e. The van der Waals surface area contributed by atoms with E-state index in [1.165, 1.54) is 5.56 Å². The summed E-state index contributed by atoms with van der Waals surface area (Å²) in [6.07, 6.45) is 2.81. The quantitative estimate of drug-likeness (QED) is 0.834. The predicted octanol–water partition coefficient (Wildman–Crippen LogP) is 1.77. The van der Waals surface area contributed by atoms with Crippen molar-refractivity contribution in [3.63, 3.8) is 0 Å². The van der Waals surface area contributed by atoms with E-state index in [-0.39, 0.29) is 6.10 Å². The zero-order valence-corrected chi connectivity index (χ0v) is 10.8. The summed E-state index contributed by atoms with van der Waals surface area (Å²) in [7, 11) is 1.68. The van der Waals surface area contributed by atoms with Gasteiger partial charge in [0.15, 0.2) is 5.90 Å². The first-order valence-electron chi connectivity index (χ1n) is 6.35. The van der Waals surface area contributed by atoms with E-state index in [2.05, 4.69) is 11.1 Å². The zero-order chi connectivity index (χ0) is 12.8. The zero-order valence-electron chi connectivity index (χ0n) is 10.8. The highest BCUT2D eigenvalue weighted by atomic mass is 16.5. The van der Waals surface area contributed by atoms with Crippen LogP contribution < -0.4 is 10.5 Å². The maximum absolute atomic E-state index is 5.79. The van der Waals surface area contributed by atoms with Crippen LogP contribution in [0.5, 0.6) is 5.75 Å². The molecule has 0 saturated heterocycles. The molecule has 4 heteroatoms. The third-order valence-electron chi connectivity index (χ3n) is 2.97. The number of hydrogen-bond donors (Lipinski definition) is 1. The lowest BCUT2D eigenvalue weighted by atomic mass is 10.1. The van der Waals surface area contributed by atoms with Crippen LogP contribution in [0.15, 0.2) is 29.3 Å². The van der Waals surface area contributed by atoms with Crippen molar-refractivity contribution < 1.29 is 9.47 Å². The summed E-state index contributed by atoms with van der Waals surface area (Å²) < 4.78 is 11.0. The first-order valence-corrected chi connectivity index (χ1v) is 6.35. The van der Waals surface area contributed by atoms with Gasteiger partial charge in [-0.2, -0.15) is 0 Å². The molecule has 1 aromatic rings. The molecule has 0 radical (unpaired) electrons. The number of hydrogen-bond acceptors (Lipinski definition) is 4. The summed E-state index contributed by atoms with van der Waals surface area (Å²) in [6.45, 7) is 1.43. The summed E-state index contributed by atoms with van der Waals surface area (Å²) in [5.41, 5.74) is 6.69. The fourth-order valence-electron chi connectivity index (χ4n) is 2.03. The molecule has 1 unspecified atom stereocenters. The van der Waals surface area contributed by atoms with E-state index in [4.69, 9.17) is 15.2 Å². The number of methoxy groups -OCH3 is 1. The number of nitrogens with zero attached hydrogens (tertiary/aromatic N) is 1. The molecule has 1 heterocycles. The SMILES string of the molecule is COc1cccc(CC2CN=C(CCCN)O2)c1. The third-order valence-corrected chi connectivity index (χ3v) is 2.97. The average molecular weight is 248 g/mol. The summed E-state index contributed by atoms with van der Waals surface area (Å²) >= 11 is 0. The van der Waals surface area contributed by atoms with Gasteiger partial charge >= 0.3 is 0 Å². The summed E-state index contributed by atoms with van der Waals surface area (Å²) in [5, 5.41) is 0. The van der Waals surface area contributed by atoms with Gasteiger partial charge in [0, 0.05) is 12.8 Å².